The van der Waals surface area contributed by atoms with Crippen LogP contribution < -0.4 is 5.73 Å². The fraction of sp³-hybridized carbons (Fsp3) is 0. The molecule has 15 heavy (non-hydrogen) atoms. The van der Waals surface area contributed by atoms with Crippen LogP contribution in [-0.4, -0.2) is 4.92 Å². The van der Waals surface area contributed by atoms with Crippen molar-refractivity contribution in [2.45, 2.75) is 0 Å². The topological polar surface area (TPSA) is 141 Å². The average molecular weight is 270 g/mol. The van der Waals surface area contributed by atoms with Gasteiger partial charge in [-0.3, -0.25) is 10.1 Å². The van der Waals surface area contributed by atoms with E-state index in [4.69, 9.17) is 21.8 Å². The molecule has 0 heterocycles. The minimum Gasteiger partial charge on any atom is -0.397 e. The minimum absolute atomic E-state index is 0.0982. The van der Waals surface area contributed by atoms with Gasteiger partial charge in [0, 0.05) is 27.4 Å². The van der Waals surface area contributed by atoms with Crippen LogP contribution in [0.4, 0.5) is 11.4 Å². The van der Waals surface area contributed by atoms with Gasteiger partial charge < -0.3 is 5.73 Å². The Hall–Kier alpha value is -2.19. The number of hydrogen-bond acceptors (Lipinski definition) is 6. The van der Waals surface area contributed by atoms with Gasteiger partial charge in [-0.2, -0.15) is 5.26 Å². The van der Waals surface area contributed by atoms with Crippen LogP contribution in [-0.2, 0) is 0 Å². The maximum atomic E-state index is 10.4. The lowest BCUT2D eigenvalue weighted by Crippen LogP contribution is -1.95. The number of nitro groups is 1. The number of nitriles is 1. The summed E-state index contributed by atoms with van der Waals surface area (Å²) in [5.41, 5.74) is 5.63. The molecule has 1 aromatic rings. The van der Waals surface area contributed by atoms with Crippen LogP contribution in [0.5, 0.6) is 0 Å². The molecule has 0 saturated carbocycles. The van der Waals surface area contributed by atoms with Crippen LogP contribution in [0.15, 0.2) is 16.6 Å². The van der Waals surface area contributed by atoms with E-state index >= 15 is 0 Å². The van der Waals surface area contributed by atoms with Gasteiger partial charge in [0.25, 0.3) is 5.69 Å². The van der Waals surface area contributed by atoms with Gasteiger partial charge in [-0.1, -0.05) is 0 Å². The number of nitrogen functional groups attached to an aromatic ring is 1. The van der Waals surface area contributed by atoms with Crippen molar-refractivity contribution < 1.29 is 4.92 Å². The van der Waals surface area contributed by atoms with Gasteiger partial charge in [0.15, 0.2) is 0 Å². The van der Waals surface area contributed by atoms with Crippen LogP contribution in [0, 0.1) is 32.2 Å². The normalized spacial score (nSPS) is 8.13. The van der Waals surface area contributed by atoms with Gasteiger partial charge in [0.05, 0.1) is 16.2 Å². The highest BCUT2D eigenvalue weighted by atomic mass is 79.9. The van der Waals surface area contributed by atoms with Crippen molar-refractivity contribution in [3.8, 4) is 6.07 Å². The van der Waals surface area contributed by atoms with Crippen LogP contribution >= 0.6 is 15.9 Å². The first kappa shape index (κ1) is 12.8. The van der Waals surface area contributed by atoms with E-state index in [0.717, 1.165) is 6.07 Å². The summed E-state index contributed by atoms with van der Waals surface area (Å²) in [5, 5.41) is 30.9. The molecule has 0 aliphatic heterocycles. The summed E-state index contributed by atoms with van der Waals surface area (Å²) in [4.78, 5) is 9.79. The molecule has 2 N–H and O–H groups in total. The highest BCUT2D eigenvalue weighted by Gasteiger charge is 2.12. The molecule has 0 aromatic heterocycles. The number of hydrogen-bond donors (Lipinski definition) is 1. The van der Waals surface area contributed by atoms with Crippen molar-refractivity contribution in [1.29, 1.82) is 16.0 Å². The summed E-state index contributed by atoms with van der Waals surface area (Å²) < 4.78 is 0.359. The molecule has 0 fully saturated rings. The fourth-order valence-corrected chi connectivity index (χ4v) is 1.25. The number of benzene rings is 1. The molecular weight excluding hydrogens is 266 g/mol. The van der Waals surface area contributed by atoms with Gasteiger partial charge in [0.1, 0.15) is 6.07 Å². The van der Waals surface area contributed by atoms with E-state index in [1.54, 1.807) is 6.07 Å². The first-order valence-corrected chi connectivity index (χ1v) is 4.19. The van der Waals surface area contributed by atoms with Crippen molar-refractivity contribution in [2.75, 3.05) is 5.73 Å². The second kappa shape index (κ2) is 5.52. The lowest BCUT2D eigenvalue weighted by molar-refractivity contribution is -0.384. The number of nitro benzene ring substituents is 1. The first-order chi connectivity index (χ1) is 7.06. The van der Waals surface area contributed by atoms with Crippen molar-refractivity contribution in [2.24, 2.45) is 0 Å². The highest BCUT2D eigenvalue weighted by molar-refractivity contribution is 9.10. The molecule has 0 atom stereocenters. The zero-order valence-corrected chi connectivity index (χ0v) is 8.80. The molecule has 0 unspecified atom stereocenters. The Morgan fingerprint density at radius 1 is 1.47 bits per heavy atom. The largest absolute Gasteiger partial charge is 0.397 e. The Morgan fingerprint density at radius 3 is 2.40 bits per heavy atom. The maximum Gasteiger partial charge on any atom is 0.272 e. The molecule has 0 bridgehead atoms. The van der Waals surface area contributed by atoms with Crippen LogP contribution in [0.2, 0.25) is 0 Å². The molecule has 0 saturated heterocycles. The summed E-state index contributed by atoms with van der Waals surface area (Å²) in [6, 6.07) is 4.17. The SMILES string of the molecule is N#Cc1cc([N+](=O)[O-])cc(Br)c1N.N#N. The number of non-ortho nitro benzene ring substituents is 1. The van der Waals surface area contributed by atoms with Gasteiger partial charge >= 0.3 is 0 Å². The smallest absolute Gasteiger partial charge is 0.272 e. The Morgan fingerprint density at radius 2 is 2.00 bits per heavy atom. The third-order valence-corrected chi connectivity index (χ3v) is 2.10. The zero-order valence-electron chi connectivity index (χ0n) is 7.22. The van der Waals surface area contributed by atoms with E-state index in [9.17, 15) is 10.1 Å². The van der Waals surface area contributed by atoms with Gasteiger partial charge in [-0.15, -0.1) is 0 Å². The van der Waals surface area contributed by atoms with Gasteiger partial charge in [0.2, 0.25) is 0 Å². The van der Waals surface area contributed by atoms with Gasteiger partial charge in [-0.05, 0) is 15.9 Å². The van der Waals surface area contributed by atoms with Crippen LogP contribution in [0.3, 0.4) is 0 Å². The third-order valence-electron chi connectivity index (χ3n) is 1.45. The van der Waals surface area contributed by atoms with Gasteiger partial charge in [-0.25, -0.2) is 0 Å². The highest BCUT2D eigenvalue weighted by Crippen LogP contribution is 2.28. The van der Waals surface area contributed by atoms with E-state index in [1.807, 2.05) is 0 Å². The Bertz CT molecular complexity index is 451. The number of nitrogens with two attached hydrogens (primary N) is 1. The molecule has 0 aliphatic carbocycles. The summed E-state index contributed by atoms with van der Waals surface area (Å²) in [6.45, 7) is 0. The first-order valence-electron chi connectivity index (χ1n) is 3.39. The minimum atomic E-state index is -0.578. The van der Waals surface area contributed by atoms with Crippen molar-refractivity contribution in [3.05, 3.63) is 32.3 Å². The van der Waals surface area contributed by atoms with E-state index < -0.39 is 4.92 Å². The lowest BCUT2D eigenvalue weighted by atomic mass is 10.2. The molecule has 8 heteroatoms. The molecule has 7 nitrogen and oxygen atoms in total. The number of nitrogens with zero attached hydrogens (tertiary/aromatic N) is 4. The summed E-state index contributed by atoms with van der Waals surface area (Å²) >= 11 is 3.03. The molecule has 1 rings (SSSR count). The molecule has 0 aliphatic rings. The second-order valence-electron chi connectivity index (χ2n) is 2.26. The molecule has 0 radical (unpaired) electrons. The third kappa shape index (κ3) is 2.90. The van der Waals surface area contributed by atoms with Crippen LogP contribution in [0.1, 0.15) is 5.56 Å². The predicted octanol–water partition coefficient (Wildman–Crippen LogP) is 1.84. The summed E-state index contributed by atoms with van der Waals surface area (Å²) in [7, 11) is 0. The van der Waals surface area contributed by atoms with E-state index in [-0.39, 0.29) is 16.9 Å². The number of halogens is 1. The van der Waals surface area contributed by atoms with Crippen molar-refractivity contribution in [1.82, 2.24) is 0 Å². The van der Waals surface area contributed by atoms with E-state index in [1.165, 1.54) is 6.07 Å². The summed E-state index contributed by atoms with van der Waals surface area (Å²) in [6.07, 6.45) is 0. The standard InChI is InChI=1S/C7H4BrN3O2.N2/c8-6-2-5(11(12)13)1-4(3-9)7(6)10;1-2/h1-2H,10H2;. The predicted molar refractivity (Wildman–Crippen MR) is 53.4 cm³/mol. The van der Waals surface area contributed by atoms with E-state index in [0.29, 0.717) is 4.47 Å². The lowest BCUT2D eigenvalue weighted by Gasteiger charge is -1.99. The monoisotopic (exact) mass is 269 g/mol. The van der Waals surface area contributed by atoms with Crippen molar-refractivity contribution >= 4 is 27.3 Å². The Balaban J connectivity index is 0.000000921. The summed E-state index contributed by atoms with van der Waals surface area (Å²) in [5.74, 6) is 0. The fourth-order valence-electron chi connectivity index (χ4n) is 0.801. The number of anilines is 1. The van der Waals surface area contributed by atoms with E-state index in [2.05, 4.69) is 15.9 Å². The maximum absolute atomic E-state index is 10.4. The molecule has 0 amide bonds. The van der Waals surface area contributed by atoms with Crippen LogP contribution in [0.25, 0.3) is 0 Å². The Labute approximate surface area is 92.8 Å². The quantitative estimate of drug-likeness (QED) is 0.357. The second-order valence-corrected chi connectivity index (χ2v) is 3.11. The average Bonchev–Trinajstić information content (AvgIpc) is 2.24. The zero-order chi connectivity index (χ0) is 12.0. The molecular formula is C7H4BrN5O2. The van der Waals surface area contributed by atoms with Crippen molar-refractivity contribution in [3.63, 3.8) is 0 Å². The number of rotatable bonds is 1. The molecule has 0 spiro atoms. The Kier molecular flexibility index (Phi) is 4.72. The molecule has 1 aromatic carbocycles. The molecule has 76 valence electrons.